The molecule has 0 saturated heterocycles. The van der Waals surface area contributed by atoms with Crippen LogP contribution in [0.4, 0.5) is 5.69 Å². The molecule has 10 heteroatoms. The molecule has 0 radical (unpaired) electrons. The number of carboxylic acids is 1. The number of nitrogens with one attached hydrogen (secondary N) is 1. The van der Waals surface area contributed by atoms with Gasteiger partial charge in [-0.05, 0) is 6.07 Å². The fourth-order valence-electron chi connectivity index (χ4n) is 1.33. The second kappa shape index (κ2) is 6.78. The molecule has 1 heterocycles. The van der Waals surface area contributed by atoms with Crippen molar-refractivity contribution >= 4 is 29.2 Å². The van der Waals surface area contributed by atoms with Gasteiger partial charge in [0.25, 0.3) is 5.91 Å². The number of halogens is 1. The summed E-state index contributed by atoms with van der Waals surface area (Å²) in [4.78, 5) is 35.6. The maximum atomic E-state index is 11.7. The van der Waals surface area contributed by atoms with Crippen molar-refractivity contribution in [2.24, 2.45) is 0 Å². The van der Waals surface area contributed by atoms with Crippen molar-refractivity contribution < 1.29 is 24.7 Å². The number of nitrogens with zero attached hydrogens (tertiary/aromatic N) is 2. The van der Waals surface area contributed by atoms with E-state index in [2.05, 4.69) is 10.3 Å². The summed E-state index contributed by atoms with van der Waals surface area (Å²) in [6, 6.07) is 1.12. The Morgan fingerprint density at radius 3 is 2.75 bits per heavy atom. The van der Waals surface area contributed by atoms with Crippen LogP contribution in [0.15, 0.2) is 12.3 Å². The number of aliphatic hydroxyl groups is 1. The summed E-state index contributed by atoms with van der Waals surface area (Å²) in [6.07, 6.45) is -0.712. The van der Waals surface area contributed by atoms with Crippen molar-refractivity contribution in [1.29, 1.82) is 0 Å². The highest BCUT2D eigenvalue weighted by Gasteiger charge is 2.24. The summed E-state index contributed by atoms with van der Waals surface area (Å²) in [7, 11) is 0. The number of amides is 1. The van der Waals surface area contributed by atoms with Gasteiger partial charge in [-0.3, -0.25) is 14.9 Å². The lowest BCUT2D eigenvalue weighted by molar-refractivity contribution is -0.385. The van der Waals surface area contributed by atoms with Crippen LogP contribution >= 0.6 is 11.6 Å². The van der Waals surface area contributed by atoms with Crippen LogP contribution in [0.1, 0.15) is 16.8 Å². The van der Waals surface area contributed by atoms with Crippen LogP contribution < -0.4 is 5.32 Å². The lowest BCUT2D eigenvalue weighted by Gasteiger charge is -2.07. The van der Waals surface area contributed by atoms with Gasteiger partial charge in [0.15, 0.2) is 6.10 Å². The zero-order valence-electron chi connectivity index (χ0n) is 9.95. The van der Waals surface area contributed by atoms with Crippen LogP contribution in [0.25, 0.3) is 0 Å². The Hall–Kier alpha value is -2.26. The third-order valence-corrected chi connectivity index (χ3v) is 2.57. The second-order valence-electron chi connectivity index (χ2n) is 3.65. The van der Waals surface area contributed by atoms with E-state index in [0.717, 1.165) is 12.3 Å². The number of hydrogen-bond acceptors (Lipinski definition) is 6. The van der Waals surface area contributed by atoms with Gasteiger partial charge in [0, 0.05) is 19.2 Å². The largest absolute Gasteiger partial charge is 0.479 e. The summed E-state index contributed by atoms with van der Waals surface area (Å²) in [6.45, 7) is -0.163. The van der Waals surface area contributed by atoms with Crippen LogP contribution in [0, 0.1) is 10.1 Å². The van der Waals surface area contributed by atoms with Gasteiger partial charge in [0.2, 0.25) is 5.15 Å². The quantitative estimate of drug-likeness (QED) is 0.387. The number of carbonyl (C=O) groups is 2. The molecule has 0 bridgehead atoms. The number of aliphatic carboxylic acids is 1. The number of pyridine rings is 1. The number of aromatic nitrogens is 1. The maximum absolute atomic E-state index is 11.7. The molecule has 1 amide bonds. The highest BCUT2D eigenvalue weighted by atomic mass is 35.5. The van der Waals surface area contributed by atoms with Crippen molar-refractivity contribution in [2.75, 3.05) is 6.54 Å². The van der Waals surface area contributed by atoms with E-state index in [1.807, 2.05) is 0 Å². The summed E-state index contributed by atoms with van der Waals surface area (Å²) >= 11 is 5.54. The Morgan fingerprint density at radius 2 is 2.20 bits per heavy atom. The lowest BCUT2D eigenvalue weighted by atomic mass is 10.2. The predicted molar refractivity (Wildman–Crippen MR) is 66.5 cm³/mol. The van der Waals surface area contributed by atoms with E-state index in [1.54, 1.807) is 0 Å². The van der Waals surface area contributed by atoms with Crippen molar-refractivity contribution in [3.63, 3.8) is 0 Å². The standard InChI is InChI=1S/C10H10ClN3O6/c11-8-7(14(19)20)5(1-3-12-8)9(16)13-4-2-6(15)10(17)18/h1,3,6,15H,2,4H2,(H,13,16)(H,17,18)/t6-/m0/s1. The smallest absolute Gasteiger partial charge is 0.332 e. The SMILES string of the molecule is O=C(NCC[C@H](O)C(=O)O)c1ccnc(Cl)c1[N+](=O)[O-]. The molecule has 9 nitrogen and oxygen atoms in total. The molecular formula is C10H10ClN3O6. The van der Waals surface area contributed by atoms with E-state index in [1.165, 1.54) is 0 Å². The maximum Gasteiger partial charge on any atom is 0.332 e. The van der Waals surface area contributed by atoms with E-state index in [0.29, 0.717) is 0 Å². The van der Waals surface area contributed by atoms with E-state index in [9.17, 15) is 19.7 Å². The van der Waals surface area contributed by atoms with Gasteiger partial charge in [0.1, 0.15) is 5.56 Å². The summed E-state index contributed by atoms with van der Waals surface area (Å²) in [5.74, 6) is -2.23. The Balaban J connectivity index is 2.76. The minimum atomic E-state index is -1.62. The number of rotatable bonds is 6. The minimum absolute atomic E-state index is 0.163. The number of nitro groups is 1. The molecule has 0 spiro atoms. The monoisotopic (exact) mass is 303 g/mol. The first-order valence-electron chi connectivity index (χ1n) is 5.32. The van der Waals surface area contributed by atoms with Gasteiger partial charge in [-0.1, -0.05) is 11.6 Å². The van der Waals surface area contributed by atoms with E-state index >= 15 is 0 Å². The fourth-order valence-corrected chi connectivity index (χ4v) is 1.55. The predicted octanol–water partition coefficient (Wildman–Crippen LogP) is 0.209. The van der Waals surface area contributed by atoms with Crippen molar-refractivity contribution in [2.45, 2.75) is 12.5 Å². The molecule has 0 aliphatic carbocycles. The summed E-state index contributed by atoms with van der Waals surface area (Å²) in [5.41, 5.74) is -0.926. The van der Waals surface area contributed by atoms with Gasteiger partial charge < -0.3 is 15.5 Å². The summed E-state index contributed by atoms with van der Waals surface area (Å²) in [5, 5.41) is 30.1. The first kappa shape index (κ1) is 15.8. The molecule has 20 heavy (non-hydrogen) atoms. The zero-order valence-corrected chi connectivity index (χ0v) is 10.7. The molecule has 0 saturated carbocycles. The average Bonchev–Trinajstić information content (AvgIpc) is 2.37. The third kappa shape index (κ3) is 3.87. The van der Waals surface area contributed by atoms with Gasteiger partial charge >= 0.3 is 11.7 Å². The molecule has 0 fully saturated rings. The van der Waals surface area contributed by atoms with Crippen LogP contribution in [0.5, 0.6) is 0 Å². The van der Waals surface area contributed by atoms with Crippen molar-refractivity contribution in [1.82, 2.24) is 10.3 Å². The summed E-state index contributed by atoms with van der Waals surface area (Å²) < 4.78 is 0. The topological polar surface area (TPSA) is 143 Å². The van der Waals surface area contributed by atoms with Crippen molar-refractivity contribution in [3.8, 4) is 0 Å². The molecule has 1 atom stereocenters. The Bertz CT molecular complexity index is 550. The minimum Gasteiger partial charge on any atom is -0.479 e. The van der Waals surface area contributed by atoms with E-state index < -0.39 is 33.7 Å². The fraction of sp³-hybridized carbons (Fsp3) is 0.300. The third-order valence-electron chi connectivity index (χ3n) is 2.30. The molecular weight excluding hydrogens is 294 g/mol. The Labute approximate surface area is 117 Å². The molecule has 108 valence electrons. The molecule has 0 unspecified atom stereocenters. The molecule has 1 aromatic heterocycles. The molecule has 1 aromatic rings. The number of carbonyl (C=O) groups excluding carboxylic acids is 1. The Morgan fingerprint density at radius 1 is 1.55 bits per heavy atom. The van der Waals surface area contributed by atoms with Gasteiger partial charge in [-0.15, -0.1) is 0 Å². The lowest BCUT2D eigenvalue weighted by Crippen LogP contribution is -2.30. The van der Waals surface area contributed by atoms with Crippen LogP contribution in [0.2, 0.25) is 5.15 Å². The molecule has 3 N–H and O–H groups in total. The number of hydrogen-bond donors (Lipinski definition) is 3. The highest BCUT2D eigenvalue weighted by Crippen LogP contribution is 2.25. The molecule has 0 aliphatic rings. The van der Waals surface area contributed by atoms with Crippen LogP contribution in [-0.4, -0.2) is 44.6 Å². The van der Waals surface area contributed by atoms with E-state index in [4.69, 9.17) is 21.8 Å². The highest BCUT2D eigenvalue weighted by molar-refractivity contribution is 6.32. The molecule has 0 aromatic carbocycles. The number of aliphatic hydroxyl groups excluding tert-OH is 1. The van der Waals surface area contributed by atoms with Crippen molar-refractivity contribution in [3.05, 3.63) is 33.1 Å². The van der Waals surface area contributed by atoms with Gasteiger partial charge in [-0.25, -0.2) is 9.78 Å². The first-order valence-corrected chi connectivity index (χ1v) is 5.70. The number of carboxylic acid groups (broad SMARTS) is 1. The zero-order chi connectivity index (χ0) is 15.3. The van der Waals surface area contributed by atoms with Crippen LogP contribution in [0.3, 0.4) is 0 Å². The average molecular weight is 304 g/mol. The molecule has 1 rings (SSSR count). The Kier molecular flexibility index (Phi) is 5.35. The second-order valence-corrected chi connectivity index (χ2v) is 4.01. The molecule has 0 aliphatic heterocycles. The first-order chi connectivity index (χ1) is 9.34. The normalized spacial score (nSPS) is 11.7. The van der Waals surface area contributed by atoms with Crippen LogP contribution in [-0.2, 0) is 4.79 Å². The van der Waals surface area contributed by atoms with Gasteiger partial charge in [0.05, 0.1) is 4.92 Å². The van der Waals surface area contributed by atoms with E-state index in [-0.39, 0.29) is 18.5 Å². The van der Waals surface area contributed by atoms with Gasteiger partial charge in [-0.2, -0.15) is 0 Å².